The standard InChI is InChI=1S/C21H16FN5O3/c22-16-3-1-14(2-4-16)21(28)26-9-7-25(8-10-26)20-11-15(13-23)18-12-17(27(29)30)5-6-19(18)24-20/h1-6,11-12H,7-10H2. The molecule has 1 fully saturated rings. The molecule has 2 aromatic carbocycles. The van der Waals surface area contributed by atoms with Crippen LogP contribution < -0.4 is 4.90 Å². The minimum atomic E-state index is -0.508. The first-order chi connectivity index (χ1) is 14.5. The molecule has 8 nitrogen and oxygen atoms in total. The zero-order valence-electron chi connectivity index (χ0n) is 15.8. The van der Waals surface area contributed by atoms with Gasteiger partial charge in [-0.2, -0.15) is 5.26 Å². The van der Waals surface area contributed by atoms with Gasteiger partial charge in [-0.25, -0.2) is 9.37 Å². The minimum absolute atomic E-state index is 0.0959. The van der Waals surface area contributed by atoms with E-state index >= 15 is 0 Å². The van der Waals surface area contributed by atoms with Crippen molar-refractivity contribution in [3.8, 4) is 6.07 Å². The van der Waals surface area contributed by atoms with Crippen molar-refractivity contribution in [3.05, 3.63) is 75.6 Å². The molecular formula is C21H16FN5O3. The second-order valence-electron chi connectivity index (χ2n) is 6.88. The van der Waals surface area contributed by atoms with Gasteiger partial charge in [0.2, 0.25) is 0 Å². The number of piperazine rings is 1. The number of amides is 1. The Hall–Kier alpha value is -4.06. The highest BCUT2D eigenvalue weighted by Crippen LogP contribution is 2.27. The molecule has 1 aliphatic heterocycles. The first-order valence-electron chi connectivity index (χ1n) is 9.25. The highest BCUT2D eigenvalue weighted by atomic mass is 19.1. The first kappa shape index (κ1) is 19.3. The molecule has 0 bridgehead atoms. The molecule has 1 saturated heterocycles. The van der Waals surface area contributed by atoms with Crippen molar-refractivity contribution >= 4 is 28.3 Å². The Morgan fingerprint density at radius 1 is 1.10 bits per heavy atom. The molecule has 3 aromatic rings. The Kier molecular flexibility index (Phi) is 4.98. The molecule has 0 atom stereocenters. The summed E-state index contributed by atoms with van der Waals surface area (Å²) in [5, 5.41) is 20.9. The third kappa shape index (κ3) is 3.63. The Balaban J connectivity index is 1.54. The number of non-ortho nitro benzene ring substituents is 1. The number of rotatable bonds is 3. The fourth-order valence-corrected chi connectivity index (χ4v) is 3.48. The van der Waals surface area contributed by atoms with Gasteiger partial charge in [0.05, 0.1) is 22.1 Å². The van der Waals surface area contributed by atoms with Gasteiger partial charge in [-0.05, 0) is 36.4 Å². The van der Waals surface area contributed by atoms with Crippen LogP contribution in [0.2, 0.25) is 0 Å². The van der Waals surface area contributed by atoms with Crippen LogP contribution in [0.25, 0.3) is 10.9 Å². The van der Waals surface area contributed by atoms with Gasteiger partial charge in [0, 0.05) is 49.3 Å². The van der Waals surface area contributed by atoms with Crippen molar-refractivity contribution in [1.29, 1.82) is 5.26 Å². The summed E-state index contributed by atoms with van der Waals surface area (Å²) in [7, 11) is 0. The quantitative estimate of drug-likeness (QED) is 0.490. The summed E-state index contributed by atoms with van der Waals surface area (Å²) < 4.78 is 13.1. The van der Waals surface area contributed by atoms with Crippen LogP contribution in [-0.4, -0.2) is 46.9 Å². The van der Waals surface area contributed by atoms with Gasteiger partial charge >= 0.3 is 0 Å². The number of carbonyl (C=O) groups excluding carboxylic acids is 1. The van der Waals surface area contributed by atoms with E-state index in [0.717, 1.165) is 0 Å². The molecule has 1 aliphatic rings. The van der Waals surface area contributed by atoms with Crippen molar-refractivity contribution in [2.24, 2.45) is 0 Å². The zero-order chi connectivity index (χ0) is 21.3. The van der Waals surface area contributed by atoms with Crippen LogP contribution in [-0.2, 0) is 0 Å². The number of hydrogen-bond acceptors (Lipinski definition) is 6. The molecule has 0 unspecified atom stereocenters. The third-order valence-corrected chi connectivity index (χ3v) is 5.09. The number of anilines is 1. The van der Waals surface area contributed by atoms with Gasteiger partial charge < -0.3 is 9.80 Å². The van der Waals surface area contributed by atoms with Crippen LogP contribution in [0.5, 0.6) is 0 Å². The van der Waals surface area contributed by atoms with Gasteiger partial charge in [-0.3, -0.25) is 14.9 Å². The van der Waals surface area contributed by atoms with Crippen molar-refractivity contribution < 1.29 is 14.1 Å². The smallest absolute Gasteiger partial charge is 0.270 e. The Morgan fingerprint density at radius 2 is 1.80 bits per heavy atom. The number of pyridine rings is 1. The van der Waals surface area contributed by atoms with E-state index in [-0.39, 0.29) is 11.6 Å². The average molecular weight is 405 g/mol. The number of hydrogen-bond donors (Lipinski definition) is 0. The van der Waals surface area contributed by atoms with Crippen molar-refractivity contribution in [3.63, 3.8) is 0 Å². The summed E-state index contributed by atoms with van der Waals surface area (Å²) in [5.74, 6) is 0.0327. The maximum Gasteiger partial charge on any atom is 0.270 e. The predicted octanol–water partition coefficient (Wildman–Crippen LogP) is 3.12. The fourth-order valence-electron chi connectivity index (χ4n) is 3.48. The molecule has 0 N–H and O–H groups in total. The first-order valence-corrected chi connectivity index (χ1v) is 9.25. The van der Waals surface area contributed by atoms with Gasteiger partial charge in [0.25, 0.3) is 11.6 Å². The minimum Gasteiger partial charge on any atom is -0.353 e. The normalized spacial score (nSPS) is 13.9. The van der Waals surface area contributed by atoms with Crippen molar-refractivity contribution in [1.82, 2.24) is 9.88 Å². The topological polar surface area (TPSA) is 103 Å². The fraction of sp³-hybridized carbons (Fsp3) is 0.190. The highest BCUT2D eigenvalue weighted by molar-refractivity contribution is 5.94. The van der Waals surface area contributed by atoms with E-state index in [1.807, 2.05) is 4.90 Å². The largest absolute Gasteiger partial charge is 0.353 e. The Labute approximate surface area is 170 Å². The van der Waals surface area contributed by atoms with E-state index in [0.29, 0.717) is 54.0 Å². The number of carbonyl (C=O) groups is 1. The van der Waals surface area contributed by atoms with Gasteiger partial charge in [-0.15, -0.1) is 0 Å². The summed E-state index contributed by atoms with van der Waals surface area (Å²) in [5.41, 5.74) is 1.14. The highest BCUT2D eigenvalue weighted by Gasteiger charge is 2.24. The third-order valence-electron chi connectivity index (χ3n) is 5.09. The summed E-state index contributed by atoms with van der Waals surface area (Å²) in [4.78, 5) is 31.3. The molecule has 0 aliphatic carbocycles. The Morgan fingerprint density at radius 3 is 2.43 bits per heavy atom. The molecule has 0 saturated carbocycles. The Bertz CT molecular complexity index is 1180. The lowest BCUT2D eigenvalue weighted by Gasteiger charge is -2.35. The van der Waals surface area contributed by atoms with E-state index in [2.05, 4.69) is 11.1 Å². The lowest BCUT2D eigenvalue weighted by atomic mass is 10.1. The number of nitriles is 1. The van der Waals surface area contributed by atoms with Crippen molar-refractivity contribution in [2.75, 3.05) is 31.1 Å². The van der Waals surface area contributed by atoms with E-state index in [1.165, 1.54) is 42.5 Å². The molecular weight excluding hydrogens is 389 g/mol. The van der Waals surface area contributed by atoms with Crippen LogP contribution in [0.4, 0.5) is 15.9 Å². The van der Waals surface area contributed by atoms with E-state index in [4.69, 9.17) is 0 Å². The molecule has 9 heteroatoms. The summed E-state index contributed by atoms with van der Waals surface area (Å²) in [6, 6.07) is 13.4. The predicted molar refractivity (Wildman–Crippen MR) is 108 cm³/mol. The molecule has 1 amide bonds. The zero-order valence-corrected chi connectivity index (χ0v) is 15.8. The van der Waals surface area contributed by atoms with Crippen molar-refractivity contribution in [2.45, 2.75) is 0 Å². The summed E-state index contributed by atoms with van der Waals surface area (Å²) >= 11 is 0. The van der Waals surface area contributed by atoms with Gasteiger partial charge in [0.15, 0.2) is 0 Å². The van der Waals surface area contributed by atoms with Gasteiger partial charge in [0.1, 0.15) is 11.6 Å². The molecule has 30 heavy (non-hydrogen) atoms. The number of halogens is 1. The lowest BCUT2D eigenvalue weighted by Crippen LogP contribution is -2.49. The maximum atomic E-state index is 13.1. The van der Waals surface area contributed by atoms with E-state index in [1.54, 1.807) is 11.0 Å². The number of benzene rings is 2. The number of fused-ring (bicyclic) bond motifs is 1. The number of aromatic nitrogens is 1. The second-order valence-corrected chi connectivity index (χ2v) is 6.88. The summed E-state index contributed by atoms with van der Waals surface area (Å²) in [6.07, 6.45) is 0. The molecule has 0 radical (unpaired) electrons. The van der Waals surface area contributed by atoms with Crippen LogP contribution in [0.15, 0.2) is 48.5 Å². The SMILES string of the molecule is N#Cc1cc(N2CCN(C(=O)c3ccc(F)cc3)CC2)nc2ccc([N+](=O)[O-])cc12. The number of nitro benzene ring substituents is 1. The lowest BCUT2D eigenvalue weighted by molar-refractivity contribution is -0.384. The average Bonchev–Trinajstić information content (AvgIpc) is 2.78. The maximum absolute atomic E-state index is 13.1. The second kappa shape index (κ2) is 7.75. The van der Waals surface area contributed by atoms with Gasteiger partial charge in [-0.1, -0.05) is 0 Å². The van der Waals surface area contributed by atoms with Crippen LogP contribution in [0.3, 0.4) is 0 Å². The number of nitrogens with zero attached hydrogens (tertiary/aromatic N) is 5. The molecule has 0 spiro atoms. The monoisotopic (exact) mass is 405 g/mol. The number of nitro groups is 1. The molecule has 150 valence electrons. The van der Waals surface area contributed by atoms with Crippen LogP contribution in [0, 0.1) is 27.3 Å². The van der Waals surface area contributed by atoms with Crippen LogP contribution in [0.1, 0.15) is 15.9 Å². The summed E-state index contributed by atoms with van der Waals surface area (Å²) in [6.45, 7) is 1.95. The van der Waals surface area contributed by atoms with E-state index in [9.17, 15) is 24.6 Å². The molecule has 2 heterocycles. The van der Waals surface area contributed by atoms with Crippen LogP contribution >= 0.6 is 0 Å². The molecule has 1 aromatic heterocycles. The van der Waals surface area contributed by atoms with E-state index < -0.39 is 10.7 Å². The molecule has 4 rings (SSSR count).